The van der Waals surface area contributed by atoms with Crippen molar-refractivity contribution in [2.24, 2.45) is 11.7 Å². The van der Waals surface area contributed by atoms with Crippen molar-refractivity contribution in [2.45, 2.75) is 20.8 Å². The summed E-state index contributed by atoms with van der Waals surface area (Å²) in [5.74, 6) is 0.518. The average Bonchev–Trinajstić information content (AvgIpc) is 2.06. The lowest BCUT2D eigenvalue weighted by molar-refractivity contribution is 0.790. The van der Waals surface area contributed by atoms with Gasteiger partial charge in [0, 0.05) is 6.54 Å². The molecule has 0 aliphatic rings. The van der Waals surface area contributed by atoms with Crippen LogP contribution >= 0.6 is 0 Å². The highest BCUT2D eigenvalue weighted by Crippen LogP contribution is 2.12. The van der Waals surface area contributed by atoms with Gasteiger partial charge >= 0.3 is 0 Å². The molecule has 0 unspecified atom stereocenters. The van der Waals surface area contributed by atoms with Gasteiger partial charge in [-0.05, 0) is 24.0 Å². The number of rotatable bonds is 4. The molecule has 0 aromatic rings. The smallest absolute Gasteiger partial charge is 0.0174 e. The van der Waals surface area contributed by atoms with Crippen LogP contribution in [0.1, 0.15) is 20.8 Å². The van der Waals surface area contributed by atoms with E-state index in [1.807, 2.05) is 19.1 Å². The van der Waals surface area contributed by atoms with Crippen molar-refractivity contribution in [1.82, 2.24) is 0 Å². The Balaban J connectivity index is 4.58. The molecule has 0 amide bonds. The second kappa shape index (κ2) is 5.78. The molecule has 68 valence electrons. The summed E-state index contributed by atoms with van der Waals surface area (Å²) in [7, 11) is 0. The molecule has 0 heterocycles. The van der Waals surface area contributed by atoms with Gasteiger partial charge < -0.3 is 5.73 Å². The topological polar surface area (TPSA) is 26.0 Å². The van der Waals surface area contributed by atoms with Crippen molar-refractivity contribution in [3.8, 4) is 0 Å². The second-order valence-corrected chi connectivity index (χ2v) is 3.07. The standard InChI is InChI=1S/C11H19N/c1-5-10(8-12)7-11(6-2)9(3)4/h5-7,9H,2,8,12H2,1,3-4H3/b10-5+,11-7+. The molecule has 0 rings (SSSR count). The summed E-state index contributed by atoms with van der Waals surface area (Å²) in [5.41, 5.74) is 7.95. The SMILES string of the molecule is C=C/C(=C\C(=C/C)CN)C(C)C. The molecule has 0 aliphatic heterocycles. The quantitative estimate of drug-likeness (QED) is 0.637. The van der Waals surface area contributed by atoms with Gasteiger partial charge in [0.2, 0.25) is 0 Å². The molecule has 1 heteroatoms. The zero-order valence-electron chi connectivity index (χ0n) is 8.30. The maximum Gasteiger partial charge on any atom is 0.0174 e. The second-order valence-electron chi connectivity index (χ2n) is 3.07. The molecule has 0 radical (unpaired) electrons. The molecule has 12 heavy (non-hydrogen) atoms. The lowest BCUT2D eigenvalue weighted by atomic mass is 10.0. The Hall–Kier alpha value is -0.820. The first-order chi connectivity index (χ1) is 5.65. The van der Waals surface area contributed by atoms with Gasteiger partial charge in [-0.2, -0.15) is 0 Å². The van der Waals surface area contributed by atoms with Crippen LogP contribution < -0.4 is 5.73 Å². The maximum absolute atomic E-state index is 5.54. The molecule has 2 N–H and O–H groups in total. The molecule has 0 saturated heterocycles. The minimum absolute atomic E-state index is 0.518. The van der Waals surface area contributed by atoms with Gasteiger partial charge in [-0.3, -0.25) is 0 Å². The molecular formula is C11H19N. The Labute approximate surface area is 75.7 Å². The molecule has 0 aromatic heterocycles. The van der Waals surface area contributed by atoms with E-state index in [1.165, 1.54) is 11.1 Å². The molecule has 0 bridgehead atoms. The first-order valence-electron chi connectivity index (χ1n) is 4.35. The van der Waals surface area contributed by atoms with E-state index in [0.29, 0.717) is 12.5 Å². The summed E-state index contributed by atoms with van der Waals surface area (Å²) in [6.45, 7) is 10.7. The monoisotopic (exact) mass is 165 g/mol. The third kappa shape index (κ3) is 3.54. The average molecular weight is 165 g/mol. The minimum Gasteiger partial charge on any atom is -0.327 e. The van der Waals surface area contributed by atoms with E-state index < -0.39 is 0 Å². The van der Waals surface area contributed by atoms with Crippen molar-refractivity contribution in [2.75, 3.05) is 6.54 Å². The lowest BCUT2D eigenvalue weighted by Crippen LogP contribution is -2.02. The fraction of sp³-hybridized carbons (Fsp3) is 0.455. The van der Waals surface area contributed by atoms with E-state index in [2.05, 4.69) is 26.5 Å². The normalized spacial score (nSPS) is 13.8. The molecule has 1 nitrogen and oxygen atoms in total. The molecule has 0 aromatic carbocycles. The van der Waals surface area contributed by atoms with Crippen LogP contribution in [0.2, 0.25) is 0 Å². The highest BCUT2D eigenvalue weighted by atomic mass is 14.5. The summed E-state index contributed by atoms with van der Waals surface area (Å²) in [6, 6.07) is 0. The molecule has 0 fully saturated rings. The van der Waals surface area contributed by atoms with Gasteiger partial charge in [0.15, 0.2) is 0 Å². The molecule has 0 atom stereocenters. The van der Waals surface area contributed by atoms with E-state index in [1.54, 1.807) is 0 Å². The molecule has 0 aliphatic carbocycles. The maximum atomic E-state index is 5.54. The van der Waals surface area contributed by atoms with Gasteiger partial charge in [0.05, 0.1) is 0 Å². The van der Waals surface area contributed by atoms with Crippen LogP contribution in [0.25, 0.3) is 0 Å². The summed E-state index contributed by atoms with van der Waals surface area (Å²) in [6.07, 6.45) is 6.04. The Morgan fingerprint density at radius 3 is 2.33 bits per heavy atom. The zero-order chi connectivity index (χ0) is 9.56. The van der Waals surface area contributed by atoms with E-state index in [-0.39, 0.29) is 0 Å². The van der Waals surface area contributed by atoms with Crippen LogP contribution in [0.5, 0.6) is 0 Å². The van der Waals surface area contributed by atoms with Crippen LogP contribution in [0, 0.1) is 5.92 Å². The predicted molar refractivity (Wildman–Crippen MR) is 55.9 cm³/mol. The summed E-state index contributed by atoms with van der Waals surface area (Å²) in [4.78, 5) is 0. The van der Waals surface area contributed by atoms with E-state index >= 15 is 0 Å². The predicted octanol–water partition coefficient (Wildman–Crippen LogP) is 2.66. The van der Waals surface area contributed by atoms with Crippen LogP contribution in [-0.4, -0.2) is 6.54 Å². The van der Waals surface area contributed by atoms with E-state index in [4.69, 9.17) is 5.73 Å². The summed E-state index contributed by atoms with van der Waals surface area (Å²) >= 11 is 0. The number of hydrogen-bond donors (Lipinski definition) is 1. The highest BCUT2D eigenvalue weighted by Gasteiger charge is 1.98. The van der Waals surface area contributed by atoms with Gasteiger partial charge in [-0.1, -0.05) is 38.7 Å². The fourth-order valence-corrected chi connectivity index (χ4v) is 0.935. The van der Waals surface area contributed by atoms with Gasteiger partial charge in [-0.25, -0.2) is 0 Å². The third-order valence-corrected chi connectivity index (χ3v) is 1.86. The van der Waals surface area contributed by atoms with Crippen LogP contribution in [0.3, 0.4) is 0 Å². The third-order valence-electron chi connectivity index (χ3n) is 1.86. The molecule has 0 spiro atoms. The first-order valence-corrected chi connectivity index (χ1v) is 4.35. The zero-order valence-corrected chi connectivity index (χ0v) is 8.30. The van der Waals surface area contributed by atoms with Gasteiger partial charge in [0.25, 0.3) is 0 Å². The minimum atomic E-state index is 0.518. The van der Waals surface area contributed by atoms with Crippen molar-refractivity contribution in [3.63, 3.8) is 0 Å². The van der Waals surface area contributed by atoms with Gasteiger partial charge in [0.1, 0.15) is 0 Å². The summed E-state index contributed by atoms with van der Waals surface area (Å²) in [5, 5.41) is 0. The fourth-order valence-electron chi connectivity index (χ4n) is 0.935. The number of nitrogens with two attached hydrogens (primary N) is 1. The molecule has 0 saturated carbocycles. The number of allylic oxidation sites excluding steroid dienone is 3. The largest absolute Gasteiger partial charge is 0.327 e. The summed E-state index contributed by atoms with van der Waals surface area (Å²) < 4.78 is 0. The Morgan fingerprint density at radius 1 is 1.50 bits per heavy atom. The van der Waals surface area contributed by atoms with Crippen LogP contribution in [0.15, 0.2) is 36.0 Å². The van der Waals surface area contributed by atoms with E-state index in [0.717, 1.165) is 0 Å². The van der Waals surface area contributed by atoms with E-state index in [9.17, 15) is 0 Å². The van der Waals surface area contributed by atoms with Crippen molar-refractivity contribution in [3.05, 3.63) is 36.0 Å². The highest BCUT2D eigenvalue weighted by molar-refractivity contribution is 5.30. The Kier molecular flexibility index (Phi) is 5.39. The van der Waals surface area contributed by atoms with Crippen molar-refractivity contribution < 1.29 is 0 Å². The molecular weight excluding hydrogens is 146 g/mol. The van der Waals surface area contributed by atoms with Gasteiger partial charge in [-0.15, -0.1) is 0 Å². The van der Waals surface area contributed by atoms with Crippen molar-refractivity contribution >= 4 is 0 Å². The lowest BCUT2D eigenvalue weighted by Gasteiger charge is -2.06. The van der Waals surface area contributed by atoms with Crippen LogP contribution in [-0.2, 0) is 0 Å². The Bertz CT molecular complexity index is 197. The van der Waals surface area contributed by atoms with Crippen molar-refractivity contribution in [1.29, 1.82) is 0 Å². The first kappa shape index (κ1) is 11.2. The number of hydrogen-bond acceptors (Lipinski definition) is 1. The van der Waals surface area contributed by atoms with Crippen LogP contribution in [0.4, 0.5) is 0 Å². The Morgan fingerprint density at radius 2 is 2.08 bits per heavy atom.